The van der Waals surface area contributed by atoms with Crippen LogP contribution < -0.4 is 10.6 Å². The van der Waals surface area contributed by atoms with Crippen molar-refractivity contribution in [3.63, 3.8) is 0 Å². The molecule has 0 bridgehead atoms. The Morgan fingerprint density at radius 3 is 3.06 bits per heavy atom. The van der Waals surface area contributed by atoms with Gasteiger partial charge in [0.05, 0.1) is 11.9 Å². The number of hydrogen-bond donors (Lipinski definition) is 2. The number of aryl methyl sites for hydroxylation is 1. The second-order valence-electron chi connectivity index (χ2n) is 3.73. The van der Waals surface area contributed by atoms with Gasteiger partial charge in [-0.15, -0.1) is 0 Å². The summed E-state index contributed by atoms with van der Waals surface area (Å²) in [4.78, 5) is 2.00. The van der Waals surface area contributed by atoms with Gasteiger partial charge >= 0.3 is 0 Å². The maximum atomic E-state index is 6.07. The predicted molar refractivity (Wildman–Crippen MR) is 67.8 cm³/mol. The van der Waals surface area contributed by atoms with Gasteiger partial charge in [-0.2, -0.15) is 10.2 Å². The van der Waals surface area contributed by atoms with Gasteiger partial charge in [0.1, 0.15) is 5.50 Å². The van der Waals surface area contributed by atoms with Gasteiger partial charge in [-0.05, 0) is 5.41 Å². The number of nitrogens with zero attached hydrogens (tertiary/aromatic N) is 4. The van der Waals surface area contributed by atoms with Crippen molar-refractivity contribution in [2.45, 2.75) is 5.50 Å². The summed E-state index contributed by atoms with van der Waals surface area (Å²) in [7, 11) is 1.89. The van der Waals surface area contributed by atoms with Crippen LogP contribution in [0, 0.1) is 0 Å². The maximum absolute atomic E-state index is 6.07. The highest BCUT2D eigenvalue weighted by molar-refractivity contribution is 8.03. The van der Waals surface area contributed by atoms with E-state index in [1.54, 1.807) is 22.6 Å². The molecule has 0 radical (unpaired) electrons. The molecule has 2 aromatic rings. The molecule has 88 valence electrons. The third-order valence-corrected chi connectivity index (χ3v) is 3.42. The normalized spacial score (nSPS) is 19.8. The van der Waals surface area contributed by atoms with Crippen LogP contribution in [0.5, 0.6) is 0 Å². The molecule has 3 rings (SSSR count). The molecule has 0 saturated heterocycles. The largest absolute Gasteiger partial charge is 0.302 e. The zero-order chi connectivity index (χ0) is 11.8. The summed E-state index contributed by atoms with van der Waals surface area (Å²) < 4.78 is 1.76. The summed E-state index contributed by atoms with van der Waals surface area (Å²) in [6.45, 7) is 0. The van der Waals surface area contributed by atoms with Gasteiger partial charge in [0.25, 0.3) is 0 Å². The van der Waals surface area contributed by atoms with E-state index in [0.29, 0.717) is 0 Å². The molecule has 1 aliphatic rings. The first-order valence-electron chi connectivity index (χ1n) is 5.15. The molecule has 0 aromatic carbocycles. The van der Waals surface area contributed by atoms with Crippen LogP contribution in [-0.4, -0.2) is 25.5 Å². The van der Waals surface area contributed by atoms with Crippen molar-refractivity contribution in [3.8, 4) is 0 Å². The molecule has 0 saturated carbocycles. The molecule has 2 aromatic heterocycles. The van der Waals surface area contributed by atoms with Gasteiger partial charge in [0.2, 0.25) is 0 Å². The van der Waals surface area contributed by atoms with Gasteiger partial charge < -0.3 is 5.73 Å². The Balaban J connectivity index is 1.99. The minimum Gasteiger partial charge on any atom is -0.302 e. The number of rotatable bonds is 2. The first-order chi connectivity index (χ1) is 8.25. The zero-order valence-electron chi connectivity index (χ0n) is 9.24. The van der Waals surface area contributed by atoms with E-state index in [9.17, 15) is 0 Å². The SMILES string of the molecule is Cn1ccc(N2C(c3cn[nH]c3)=CSC2N)n1. The fraction of sp³-hybridized carbons (Fsp3) is 0.200. The first-order valence-corrected chi connectivity index (χ1v) is 6.09. The van der Waals surface area contributed by atoms with Crippen LogP contribution in [0.1, 0.15) is 5.56 Å². The van der Waals surface area contributed by atoms with Crippen LogP contribution in [-0.2, 0) is 7.05 Å². The topological polar surface area (TPSA) is 75.8 Å². The minimum atomic E-state index is -0.144. The van der Waals surface area contributed by atoms with E-state index >= 15 is 0 Å². The fourth-order valence-corrected chi connectivity index (χ4v) is 2.63. The predicted octanol–water partition coefficient (Wildman–Crippen LogP) is 0.937. The Bertz CT molecular complexity index is 543. The molecule has 6 nitrogen and oxygen atoms in total. The number of anilines is 1. The number of nitrogens with two attached hydrogens (primary N) is 1. The summed E-state index contributed by atoms with van der Waals surface area (Å²) >= 11 is 1.57. The van der Waals surface area contributed by atoms with E-state index < -0.39 is 0 Å². The van der Waals surface area contributed by atoms with Gasteiger partial charge in [0, 0.05) is 31.1 Å². The van der Waals surface area contributed by atoms with Crippen molar-refractivity contribution in [1.82, 2.24) is 20.0 Å². The van der Waals surface area contributed by atoms with Crippen molar-refractivity contribution in [1.29, 1.82) is 0 Å². The van der Waals surface area contributed by atoms with Gasteiger partial charge in [-0.1, -0.05) is 11.8 Å². The number of aromatic amines is 1. The number of thioether (sulfide) groups is 1. The lowest BCUT2D eigenvalue weighted by Gasteiger charge is -2.23. The molecule has 1 aliphatic heterocycles. The molecule has 0 aliphatic carbocycles. The fourth-order valence-electron chi connectivity index (χ4n) is 1.77. The molecule has 1 unspecified atom stereocenters. The molecule has 0 spiro atoms. The Labute approximate surface area is 102 Å². The highest BCUT2D eigenvalue weighted by Crippen LogP contribution is 2.36. The summed E-state index contributed by atoms with van der Waals surface area (Å²) in [6.07, 6.45) is 5.53. The number of H-pyrrole nitrogens is 1. The van der Waals surface area contributed by atoms with E-state index in [1.807, 2.05) is 35.8 Å². The highest BCUT2D eigenvalue weighted by Gasteiger charge is 2.28. The average molecular weight is 248 g/mol. The van der Waals surface area contributed by atoms with Crippen molar-refractivity contribution in [2.75, 3.05) is 4.90 Å². The Morgan fingerprint density at radius 2 is 2.41 bits per heavy atom. The molecular weight excluding hydrogens is 236 g/mol. The van der Waals surface area contributed by atoms with Gasteiger partial charge in [-0.25, -0.2) is 0 Å². The summed E-state index contributed by atoms with van der Waals surface area (Å²) in [5.41, 5.74) is 7.96. The smallest absolute Gasteiger partial charge is 0.157 e. The highest BCUT2D eigenvalue weighted by atomic mass is 32.2. The van der Waals surface area contributed by atoms with Crippen LogP contribution in [0.3, 0.4) is 0 Å². The van der Waals surface area contributed by atoms with Crippen LogP contribution in [0.4, 0.5) is 5.82 Å². The van der Waals surface area contributed by atoms with Crippen LogP contribution in [0.15, 0.2) is 30.1 Å². The third-order valence-electron chi connectivity index (χ3n) is 2.57. The van der Waals surface area contributed by atoms with E-state index in [2.05, 4.69) is 15.3 Å². The van der Waals surface area contributed by atoms with Crippen LogP contribution in [0.25, 0.3) is 5.70 Å². The lowest BCUT2D eigenvalue weighted by Crippen LogP contribution is -2.35. The van der Waals surface area contributed by atoms with Crippen LogP contribution >= 0.6 is 11.8 Å². The zero-order valence-corrected chi connectivity index (χ0v) is 10.1. The Morgan fingerprint density at radius 1 is 1.53 bits per heavy atom. The van der Waals surface area contributed by atoms with Crippen molar-refractivity contribution < 1.29 is 0 Å². The van der Waals surface area contributed by atoms with E-state index in [0.717, 1.165) is 17.1 Å². The second-order valence-corrected chi connectivity index (χ2v) is 4.73. The Kier molecular flexibility index (Phi) is 2.41. The number of hydrogen-bond acceptors (Lipinski definition) is 5. The lowest BCUT2D eigenvalue weighted by molar-refractivity contribution is 0.757. The molecule has 3 N–H and O–H groups in total. The van der Waals surface area contributed by atoms with Crippen molar-refractivity contribution in [2.24, 2.45) is 12.8 Å². The second kappa shape index (κ2) is 3.94. The summed E-state index contributed by atoms with van der Waals surface area (Å²) in [5, 5.41) is 13.2. The van der Waals surface area contributed by atoms with E-state index in [1.165, 1.54) is 0 Å². The van der Waals surface area contributed by atoms with Gasteiger partial charge in [0.15, 0.2) is 5.82 Å². The first kappa shape index (κ1) is 10.4. The quantitative estimate of drug-likeness (QED) is 0.827. The van der Waals surface area contributed by atoms with E-state index in [4.69, 9.17) is 5.73 Å². The summed E-state index contributed by atoms with van der Waals surface area (Å²) in [6, 6.07) is 1.94. The molecule has 0 amide bonds. The number of aromatic nitrogens is 4. The van der Waals surface area contributed by atoms with Gasteiger partial charge in [-0.3, -0.25) is 14.7 Å². The average Bonchev–Trinajstić information content (AvgIpc) is 2.97. The van der Waals surface area contributed by atoms with Crippen LogP contribution in [0.2, 0.25) is 0 Å². The minimum absolute atomic E-state index is 0.144. The van der Waals surface area contributed by atoms with Crippen molar-refractivity contribution >= 4 is 23.3 Å². The Hall–Kier alpha value is -1.73. The maximum Gasteiger partial charge on any atom is 0.157 e. The standard InChI is InChI=1S/C10H12N6S/c1-15-3-2-9(14-15)16-8(6-17-10(16)11)7-4-12-13-5-7/h2-6,10H,11H2,1H3,(H,12,13). The van der Waals surface area contributed by atoms with E-state index in [-0.39, 0.29) is 5.50 Å². The third kappa shape index (κ3) is 1.73. The molecule has 3 heterocycles. The number of nitrogens with one attached hydrogen (secondary N) is 1. The monoisotopic (exact) mass is 248 g/mol. The molecule has 17 heavy (non-hydrogen) atoms. The molecule has 0 fully saturated rings. The summed E-state index contributed by atoms with van der Waals surface area (Å²) in [5.74, 6) is 0.845. The van der Waals surface area contributed by atoms with Crippen molar-refractivity contribution in [3.05, 3.63) is 35.6 Å². The molecule has 7 heteroatoms. The molecule has 1 atom stereocenters. The lowest BCUT2D eigenvalue weighted by atomic mass is 10.2. The molecular formula is C10H12N6S.